The van der Waals surface area contributed by atoms with Crippen molar-refractivity contribution in [3.05, 3.63) is 76.8 Å². The number of carbonyl (C=O) groups is 2. The van der Waals surface area contributed by atoms with Gasteiger partial charge in [-0.05, 0) is 17.7 Å². The molecule has 3 rings (SSSR count). The molecule has 0 fully saturated rings. The van der Waals surface area contributed by atoms with Gasteiger partial charge in [0, 0.05) is 6.07 Å². The van der Waals surface area contributed by atoms with Crippen LogP contribution in [-0.4, -0.2) is 39.9 Å². The van der Waals surface area contributed by atoms with Gasteiger partial charge in [0.25, 0.3) is 0 Å². The molecule has 1 aliphatic rings. The van der Waals surface area contributed by atoms with Gasteiger partial charge in [-0.3, -0.25) is 4.90 Å². The monoisotopic (exact) mass is 485 g/mol. The molecule has 182 valence electrons. The molecule has 2 aromatic rings. The Balaban J connectivity index is 2.38. The van der Waals surface area contributed by atoms with Crippen LogP contribution in [0, 0.1) is 11.3 Å². The number of anilines is 1. The number of halogens is 2. The third kappa shape index (κ3) is 4.72. The van der Waals surface area contributed by atoms with E-state index in [0.29, 0.717) is 5.56 Å². The lowest BCUT2D eigenvalue weighted by Gasteiger charge is -2.36. The SMILES string of the molecule is COC(=O)C1=C(C(=O)OC)N(c2ccc(OC)c(OC(F)F)c2)C(N)=C(C#N)C1c1ccccc1. The number of carbonyl (C=O) groups excluding carboxylic acids is 2. The molecule has 35 heavy (non-hydrogen) atoms. The highest BCUT2D eigenvalue weighted by atomic mass is 19.3. The third-order valence-electron chi connectivity index (χ3n) is 5.23. The first kappa shape index (κ1) is 25.0. The van der Waals surface area contributed by atoms with Crippen LogP contribution in [-0.2, 0) is 19.1 Å². The topological polar surface area (TPSA) is 124 Å². The first-order chi connectivity index (χ1) is 16.8. The molecule has 0 bridgehead atoms. The number of nitrogens with zero attached hydrogens (tertiary/aromatic N) is 2. The number of benzene rings is 2. The Labute approximate surface area is 199 Å². The van der Waals surface area contributed by atoms with Gasteiger partial charge in [-0.2, -0.15) is 14.0 Å². The maximum absolute atomic E-state index is 13.0. The van der Waals surface area contributed by atoms with Crippen LogP contribution in [0.15, 0.2) is 71.2 Å². The number of ether oxygens (including phenoxy) is 4. The zero-order chi connectivity index (χ0) is 25.7. The lowest BCUT2D eigenvalue weighted by atomic mass is 9.81. The smallest absolute Gasteiger partial charge is 0.387 e. The Hall–Kier alpha value is -4.59. The highest BCUT2D eigenvalue weighted by Crippen LogP contribution is 2.44. The molecule has 11 heteroatoms. The third-order valence-corrected chi connectivity index (χ3v) is 5.23. The van der Waals surface area contributed by atoms with Crippen molar-refractivity contribution < 1.29 is 37.3 Å². The van der Waals surface area contributed by atoms with E-state index in [1.54, 1.807) is 30.3 Å². The number of esters is 2. The summed E-state index contributed by atoms with van der Waals surface area (Å²) >= 11 is 0. The maximum atomic E-state index is 13.0. The molecule has 0 aromatic heterocycles. The van der Waals surface area contributed by atoms with Crippen molar-refractivity contribution in [1.29, 1.82) is 5.26 Å². The molecule has 2 N–H and O–H groups in total. The summed E-state index contributed by atoms with van der Waals surface area (Å²) in [6, 6.07) is 14.3. The maximum Gasteiger partial charge on any atom is 0.387 e. The molecule has 0 saturated carbocycles. The van der Waals surface area contributed by atoms with Gasteiger partial charge in [0.05, 0.1) is 50.2 Å². The lowest BCUT2D eigenvalue weighted by Crippen LogP contribution is -2.40. The minimum absolute atomic E-state index is 0.0203. The van der Waals surface area contributed by atoms with Crippen LogP contribution in [0.3, 0.4) is 0 Å². The number of allylic oxidation sites excluding steroid dienone is 1. The van der Waals surface area contributed by atoms with Crippen molar-refractivity contribution in [2.75, 3.05) is 26.2 Å². The summed E-state index contributed by atoms with van der Waals surface area (Å²) in [5.41, 5.74) is 6.25. The summed E-state index contributed by atoms with van der Waals surface area (Å²) in [5.74, 6) is -3.55. The molecular weight excluding hydrogens is 464 g/mol. The van der Waals surface area contributed by atoms with Crippen LogP contribution in [0.4, 0.5) is 14.5 Å². The van der Waals surface area contributed by atoms with Crippen LogP contribution >= 0.6 is 0 Å². The fourth-order valence-corrected chi connectivity index (χ4v) is 3.77. The number of nitrogens with two attached hydrogens (primary N) is 1. The summed E-state index contributed by atoms with van der Waals surface area (Å²) in [7, 11) is 3.47. The standard InChI is InChI=1S/C24H21F2N3O6/c1-32-16-10-9-14(11-17(16)35-24(25)26)29-20(23(31)34-3)19(22(30)33-2)18(15(12-27)21(29)28)13-7-5-4-6-8-13/h4-11,18,24H,28H2,1-3H3. The van der Waals surface area contributed by atoms with E-state index >= 15 is 0 Å². The van der Waals surface area contributed by atoms with Gasteiger partial charge in [0.2, 0.25) is 0 Å². The van der Waals surface area contributed by atoms with Gasteiger partial charge in [-0.1, -0.05) is 30.3 Å². The molecule has 1 aliphatic heterocycles. The number of methoxy groups -OCH3 is 3. The zero-order valence-corrected chi connectivity index (χ0v) is 19.0. The van der Waals surface area contributed by atoms with Gasteiger partial charge in [-0.15, -0.1) is 0 Å². The number of nitriles is 1. The molecule has 1 atom stereocenters. The van der Waals surface area contributed by atoms with Crippen LogP contribution in [0.2, 0.25) is 0 Å². The van der Waals surface area contributed by atoms with Crippen molar-refractivity contribution in [2.45, 2.75) is 12.5 Å². The number of hydrogen-bond acceptors (Lipinski definition) is 9. The molecule has 2 aromatic carbocycles. The van der Waals surface area contributed by atoms with Gasteiger partial charge < -0.3 is 24.7 Å². The Kier molecular flexibility index (Phi) is 7.56. The second-order valence-corrected chi connectivity index (χ2v) is 7.05. The molecule has 0 saturated heterocycles. The van der Waals surface area contributed by atoms with Crippen LogP contribution in [0.25, 0.3) is 0 Å². The number of hydrogen-bond donors (Lipinski definition) is 1. The van der Waals surface area contributed by atoms with Crippen molar-refractivity contribution in [2.24, 2.45) is 5.73 Å². The summed E-state index contributed by atoms with van der Waals surface area (Å²) in [4.78, 5) is 27.1. The quantitative estimate of drug-likeness (QED) is 0.589. The van der Waals surface area contributed by atoms with E-state index in [4.69, 9.17) is 19.9 Å². The van der Waals surface area contributed by atoms with Crippen molar-refractivity contribution in [1.82, 2.24) is 0 Å². The van der Waals surface area contributed by atoms with Crippen LogP contribution in [0.5, 0.6) is 11.5 Å². The zero-order valence-electron chi connectivity index (χ0n) is 19.0. The Bertz CT molecular complexity index is 1240. The minimum atomic E-state index is -3.17. The number of alkyl halides is 2. The average Bonchev–Trinajstić information content (AvgIpc) is 2.87. The number of rotatable bonds is 7. The average molecular weight is 485 g/mol. The molecular formula is C24H21F2N3O6. The Morgan fingerprint density at radius 1 is 1.03 bits per heavy atom. The second kappa shape index (κ2) is 10.6. The predicted molar refractivity (Wildman–Crippen MR) is 119 cm³/mol. The lowest BCUT2D eigenvalue weighted by molar-refractivity contribution is -0.139. The van der Waals surface area contributed by atoms with E-state index < -0.39 is 24.5 Å². The summed E-state index contributed by atoms with van der Waals surface area (Å²) in [6.07, 6.45) is 0. The first-order valence-corrected chi connectivity index (χ1v) is 10.1. The predicted octanol–water partition coefficient (Wildman–Crippen LogP) is 3.19. The summed E-state index contributed by atoms with van der Waals surface area (Å²) in [5, 5.41) is 10.0. The summed E-state index contributed by atoms with van der Waals surface area (Å²) in [6.45, 7) is -3.17. The van der Waals surface area contributed by atoms with E-state index in [-0.39, 0.29) is 39.9 Å². The van der Waals surface area contributed by atoms with Gasteiger partial charge in [0.15, 0.2) is 11.5 Å². The van der Waals surface area contributed by atoms with Gasteiger partial charge >= 0.3 is 18.6 Å². The highest BCUT2D eigenvalue weighted by molar-refractivity contribution is 6.06. The van der Waals surface area contributed by atoms with E-state index in [1.165, 1.54) is 19.2 Å². The fourth-order valence-electron chi connectivity index (χ4n) is 3.77. The van der Waals surface area contributed by atoms with Crippen molar-refractivity contribution in [3.63, 3.8) is 0 Å². The van der Waals surface area contributed by atoms with Crippen LogP contribution < -0.4 is 20.1 Å². The molecule has 0 spiro atoms. The molecule has 1 heterocycles. The minimum Gasteiger partial charge on any atom is -0.493 e. The van der Waals surface area contributed by atoms with E-state index in [1.807, 2.05) is 6.07 Å². The largest absolute Gasteiger partial charge is 0.493 e. The van der Waals surface area contributed by atoms with E-state index in [9.17, 15) is 23.6 Å². The fraction of sp³-hybridized carbons (Fsp3) is 0.208. The van der Waals surface area contributed by atoms with E-state index in [2.05, 4.69) is 4.74 Å². The van der Waals surface area contributed by atoms with Crippen LogP contribution in [0.1, 0.15) is 11.5 Å². The second-order valence-electron chi connectivity index (χ2n) is 7.05. The molecule has 0 aliphatic carbocycles. The van der Waals surface area contributed by atoms with Gasteiger partial charge in [-0.25, -0.2) is 9.59 Å². The first-order valence-electron chi connectivity index (χ1n) is 10.1. The Morgan fingerprint density at radius 2 is 1.69 bits per heavy atom. The molecule has 0 amide bonds. The molecule has 1 unspecified atom stereocenters. The normalized spacial score (nSPS) is 15.6. The molecule has 9 nitrogen and oxygen atoms in total. The van der Waals surface area contributed by atoms with E-state index in [0.717, 1.165) is 25.2 Å². The van der Waals surface area contributed by atoms with Crippen molar-refractivity contribution >= 4 is 17.6 Å². The summed E-state index contributed by atoms with van der Waals surface area (Å²) < 4.78 is 45.5. The highest BCUT2D eigenvalue weighted by Gasteiger charge is 2.43. The Morgan fingerprint density at radius 3 is 2.23 bits per heavy atom. The molecule has 0 radical (unpaired) electrons. The van der Waals surface area contributed by atoms with Crippen molar-refractivity contribution in [3.8, 4) is 17.6 Å². The van der Waals surface area contributed by atoms with Gasteiger partial charge in [0.1, 0.15) is 11.5 Å².